The third-order valence-electron chi connectivity index (χ3n) is 5.24. The fourth-order valence-electron chi connectivity index (χ4n) is 3.65. The molecule has 1 saturated heterocycles. The second kappa shape index (κ2) is 7.77. The van der Waals surface area contributed by atoms with Gasteiger partial charge in [-0.15, -0.1) is 0 Å². The van der Waals surface area contributed by atoms with Crippen molar-refractivity contribution in [2.24, 2.45) is 5.92 Å². The molecule has 4 rings (SSSR count). The van der Waals surface area contributed by atoms with E-state index in [1.54, 1.807) is 24.5 Å². The van der Waals surface area contributed by atoms with Gasteiger partial charge in [0.2, 0.25) is 5.91 Å². The number of hydrogen-bond donors (Lipinski definition) is 0. The van der Waals surface area contributed by atoms with E-state index >= 15 is 0 Å². The van der Waals surface area contributed by atoms with E-state index in [0.29, 0.717) is 17.5 Å². The van der Waals surface area contributed by atoms with Crippen LogP contribution in [-0.4, -0.2) is 57.7 Å². The Hall–Kier alpha value is -2.90. The Bertz CT molecular complexity index is 799. The number of aromatic nitrogens is 3. The zero-order valence-electron chi connectivity index (χ0n) is 15.2. The second-order valence-corrected chi connectivity index (χ2v) is 6.98. The highest BCUT2D eigenvalue weighted by Crippen LogP contribution is 2.29. The fourth-order valence-corrected chi connectivity index (χ4v) is 3.65. The lowest BCUT2D eigenvalue weighted by Gasteiger charge is -2.34. The molecule has 142 valence electrons. The van der Waals surface area contributed by atoms with Crippen LogP contribution in [0.4, 0.5) is 5.82 Å². The molecule has 2 aromatic rings. The average Bonchev–Trinajstić information content (AvgIpc) is 3.22. The van der Waals surface area contributed by atoms with Gasteiger partial charge in [0.25, 0.3) is 5.91 Å². The molecule has 0 saturated carbocycles. The van der Waals surface area contributed by atoms with Crippen molar-refractivity contribution in [2.75, 3.05) is 31.1 Å². The highest BCUT2D eigenvalue weighted by Gasteiger charge is 2.31. The summed E-state index contributed by atoms with van der Waals surface area (Å²) in [7, 11) is 0. The Morgan fingerprint density at radius 2 is 2.07 bits per heavy atom. The fraction of sp³-hybridized carbons (Fsp3) is 0.474. The van der Waals surface area contributed by atoms with E-state index < -0.39 is 0 Å². The molecule has 0 radical (unpaired) electrons. The lowest BCUT2D eigenvalue weighted by atomic mass is 9.93. The van der Waals surface area contributed by atoms with Crippen molar-refractivity contribution in [3.63, 3.8) is 0 Å². The van der Waals surface area contributed by atoms with Crippen LogP contribution in [0.25, 0.3) is 0 Å². The molecule has 1 fully saturated rings. The van der Waals surface area contributed by atoms with Crippen LogP contribution in [-0.2, 0) is 16.1 Å². The molecule has 0 unspecified atom stereocenters. The Morgan fingerprint density at radius 1 is 1.22 bits per heavy atom. The molecule has 0 atom stereocenters. The van der Waals surface area contributed by atoms with Crippen molar-refractivity contribution < 1.29 is 14.3 Å². The molecule has 0 N–H and O–H groups in total. The number of nitrogens with zero attached hydrogens (tertiary/aromatic N) is 5. The molecule has 2 aliphatic heterocycles. The Kier molecular flexibility index (Phi) is 5.04. The second-order valence-electron chi connectivity index (χ2n) is 6.98. The van der Waals surface area contributed by atoms with Gasteiger partial charge >= 0.3 is 0 Å². The Morgan fingerprint density at radius 3 is 2.85 bits per heavy atom. The van der Waals surface area contributed by atoms with Gasteiger partial charge in [-0.25, -0.2) is 4.98 Å². The molecule has 2 aliphatic rings. The van der Waals surface area contributed by atoms with Gasteiger partial charge < -0.3 is 9.64 Å². The van der Waals surface area contributed by atoms with E-state index in [9.17, 15) is 9.59 Å². The molecule has 2 amide bonds. The van der Waals surface area contributed by atoms with Crippen molar-refractivity contribution in [1.82, 2.24) is 19.7 Å². The van der Waals surface area contributed by atoms with Crippen molar-refractivity contribution >= 4 is 17.6 Å². The number of hydrogen-bond acceptors (Lipinski definition) is 5. The van der Waals surface area contributed by atoms with E-state index in [1.807, 2.05) is 21.8 Å². The van der Waals surface area contributed by atoms with Gasteiger partial charge in [-0.1, -0.05) is 0 Å². The SMILES string of the molecule is O=C(CN1C(=O)COc2cccnc21)N1CCC(CCn2cccn2)CC1. The van der Waals surface area contributed by atoms with Crippen LogP contribution in [0, 0.1) is 5.92 Å². The summed E-state index contributed by atoms with van der Waals surface area (Å²) in [5.74, 6) is 1.31. The van der Waals surface area contributed by atoms with Gasteiger partial charge in [0.15, 0.2) is 18.2 Å². The number of fused-ring (bicyclic) bond motifs is 1. The average molecular weight is 369 g/mol. The number of amides is 2. The highest BCUT2D eigenvalue weighted by atomic mass is 16.5. The van der Waals surface area contributed by atoms with E-state index in [-0.39, 0.29) is 25.0 Å². The van der Waals surface area contributed by atoms with Crippen molar-refractivity contribution in [3.05, 3.63) is 36.8 Å². The standard InChI is InChI=1S/C19H23N5O3/c25-17(13-24-18(26)14-27-16-3-1-7-20-19(16)24)22-10-4-15(5-11-22)6-12-23-9-2-8-21-23/h1-3,7-9,15H,4-6,10-14H2. The monoisotopic (exact) mass is 369 g/mol. The molecule has 0 aromatic carbocycles. The molecule has 8 heteroatoms. The van der Waals surface area contributed by atoms with Gasteiger partial charge in [0.1, 0.15) is 6.54 Å². The zero-order valence-corrected chi connectivity index (χ0v) is 15.2. The van der Waals surface area contributed by atoms with Crippen LogP contribution >= 0.6 is 0 Å². The van der Waals surface area contributed by atoms with Crippen molar-refractivity contribution in [1.29, 1.82) is 0 Å². The maximum atomic E-state index is 12.7. The third-order valence-corrected chi connectivity index (χ3v) is 5.24. The minimum absolute atomic E-state index is 0.0180. The first-order valence-electron chi connectivity index (χ1n) is 9.34. The largest absolute Gasteiger partial charge is 0.480 e. The molecular formula is C19H23N5O3. The van der Waals surface area contributed by atoms with Crippen LogP contribution in [0.3, 0.4) is 0 Å². The normalized spacial score (nSPS) is 17.6. The van der Waals surface area contributed by atoms with Crippen LogP contribution in [0.15, 0.2) is 36.8 Å². The van der Waals surface area contributed by atoms with Gasteiger partial charge in [0.05, 0.1) is 0 Å². The summed E-state index contributed by atoms with van der Waals surface area (Å²) in [5, 5.41) is 4.23. The summed E-state index contributed by atoms with van der Waals surface area (Å²) >= 11 is 0. The van der Waals surface area contributed by atoms with Gasteiger partial charge in [0, 0.05) is 38.2 Å². The van der Waals surface area contributed by atoms with Crippen molar-refractivity contribution in [3.8, 4) is 5.75 Å². The van der Waals surface area contributed by atoms with E-state index in [4.69, 9.17) is 4.74 Å². The number of pyridine rings is 1. The predicted molar refractivity (Wildman–Crippen MR) is 98.2 cm³/mol. The number of ether oxygens (including phenoxy) is 1. The zero-order chi connectivity index (χ0) is 18.6. The van der Waals surface area contributed by atoms with Crippen LogP contribution in [0.1, 0.15) is 19.3 Å². The van der Waals surface area contributed by atoms with Crippen molar-refractivity contribution in [2.45, 2.75) is 25.8 Å². The first kappa shape index (κ1) is 17.5. The van der Waals surface area contributed by atoms with Gasteiger partial charge in [-0.2, -0.15) is 5.10 Å². The van der Waals surface area contributed by atoms with Crippen LogP contribution in [0.2, 0.25) is 0 Å². The smallest absolute Gasteiger partial charge is 0.266 e. The molecular weight excluding hydrogens is 346 g/mol. The van der Waals surface area contributed by atoms with Crippen LogP contribution < -0.4 is 9.64 Å². The predicted octanol–water partition coefficient (Wildman–Crippen LogP) is 1.33. The number of carbonyl (C=O) groups is 2. The number of piperidine rings is 1. The first-order valence-corrected chi connectivity index (χ1v) is 9.34. The maximum absolute atomic E-state index is 12.7. The summed E-state index contributed by atoms with van der Waals surface area (Å²) in [5.41, 5.74) is 0. The van der Waals surface area contributed by atoms with E-state index in [0.717, 1.165) is 38.9 Å². The van der Waals surface area contributed by atoms with E-state index in [1.165, 1.54) is 4.90 Å². The summed E-state index contributed by atoms with van der Waals surface area (Å²) in [6.07, 6.45) is 8.41. The molecule has 0 aliphatic carbocycles. The Balaban J connectivity index is 1.30. The minimum Gasteiger partial charge on any atom is -0.480 e. The number of likely N-dealkylation sites (tertiary alicyclic amines) is 1. The Labute approximate surface area is 157 Å². The quantitative estimate of drug-likeness (QED) is 0.794. The summed E-state index contributed by atoms with van der Waals surface area (Å²) in [6, 6.07) is 5.45. The number of carbonyl (C=O) groups excluding carboxylic acids is 2. The number of rotatable bonds is 5. The minimum atomic E-state index is -0.233. The lowest BCUT2D eigenvalue weighted by molar-refractivity contribution is -0.133. The maximum Gasteiger partial charge on any atom is 0.266 e. The summed E-state index contributed by atoms with van der Waals surface area (Å²) < 4.78 is 7.33. The summed E-state index contributed by atoms with van der Waals surface area (Å²) in [6.45, 7) is 2.34. The van der Waals surface area contributed by atoms with E-state index in [2.05, 4.69) is 10.1 Å². The number of aryl methyl sites for hydroxylation is 1. The molecule has 0 spiro atoms. The molecule has 2 aromatic heterocycles. The number of anilines is 1. The third kappa shape index (κ3) is 3.94. The molecule has 8 nitrogen and oxygen atoms in total. The molecule has 4 heterocycles. The van der Waals surface area contributed by atoms with Gasteiger partial charge in [-0.05, 0) is 43.4 Å². The lowest BCUT2D eigenvalue weighted by Crippen LogP contribution is -2.48. The van der Waals surface area contributed by atoms with Crippen LogP contribution in [0.5, 0.6) is 5.75 Å². The molecule has 0 bridgehead atoms. The first-order chi connectivity index (χ1) is 13.2. The van der Waals surface area contributed by atoms with Gasteiger partial charge in [-0.3, -0.25) is 19.2 Å². The molecule has 27 heavy (non-hydrogen) atoms. The highest BCUT2D eigenvalue weighted by molar-refractivity contribution is 6.01. The summed E-state index contributed by atoms with van der Waals surface area (Å²) in [4.78, 5) is 32.4. The topological polar surface area (TPSA) is 80.6 Å².